The molecule has 31 heavy (non-hydrogen) atoms. The van der Waals surface area contributed by atoms with Crippen molar-refractivity contribution in [2.24, 2.45) is 11.8 Å². The Hall–Kier alpha value is -1.93. The monoisotopic (exact) mass is 449 g/mol. The largest absolute Gasteiger partial charge is 0.356 e. The number of likely N-dealkylation sites (tertiary alicyclic amines) is 1. The summed E-state index contributed by atoms with van der Waals surface area (Å²) in [4.78, 5) is 27.5. The molecule has 7 nitrogen and oxygen atoms in total. The fraction of sp³-hybridized carbons (Fsp3) is 0.652. The number of hydrogen-bond donors (Lipinski definition) is 1. The molecule has 3 rings (SSSR count). The minimum atomic E-state index is -3.55. The number of nitrogens with one attached hydrogen (secondary N) is 1. The Bertz CT molecular complexity index is 907. The molecule has 2 amide bonds. The van der Waals surface area contributed by atoms with Gasteiger partial charge in [-0.25, -0.2) is 8.42 Å². The molecule has 0 bridgehead atoms. The van der Waals surface area contributed by atoms with Crippen LogP contribution in [0.2, 0.25) is 0 Å². The molecular formula is C23H35N3O4S. The number of rotatable bonds is 6. The third-order valence-corrected chi connectivity index (χ3v) is 8.47. The van der Waals surface area contributed by atoms with Crippen LogP contribution in [0, 0.1) is 25.7 Å². The van der Waals surface area contributed by atoms with Crippen molar-refractivity contribution in [2.45, 2.75) is 57.8 Å². The maximum absolute atomic E-state index is 13.1. The van der Waals surface area contributed by atoms with Gasteiger partial charge in [0.05, 0.1) is 10.8 Å². The SMILES string of the molecule is CCCNC(=O)C1CCCN(C(=O)C2CCN(S(=O)(=O)c3ccc(C)c(C)c3)CC2)C1. The van der Waals surface area contributed by atoms with Crippen LogP contribution in [-0.4, -0.2) is 62.2 Å². The van der Waals surface area contributed by atoms with Crippen molar-refractivity contribution in [3.8, 4) is 0 Å². The van der Waals surface area contributed by atoms with E-state index in [1.165, 1.54) is 4.31 Å². The molecule has 0 aliphatic carbocycles. The van der Waals surface area contributed by atoms with Gasteiger partial charge in [-0.3, -0.25) is 9.59 Å². The highest BCUT2D eigenvalue weighted by molar-refractivity contribution is 7.89. The summed E-state index contributed by atoms with van der Waals surface area (Å²) in [5.74, 6) is -0.219. The zero-order valence-corrected chi connectivity index (χ0v) is 19.7. The molecule has 1 N–H and O–H groups in total. The molecule has 2 aliphatic heterocycles. The van der Waals surface area contributed by atoms with E-state index in [0.717, 1.165) is 30.4 Å². The topological polar surface area (TPSA) is 86.8 Å². The number of benzene rings is 1. The van der Waals surface area contributed by atoms with E-state index in [1.54, 1.807) is 12.1 Å². The van der Waals surface area contributed by atoms with E-state index in [-0.39, 0.29) is 23.7 Å². The zero-order chi connectivity index (χ0) is 22.6. The number of sulfonamides is 1. The van der Waals surface area contributed by atoms with E-state index < -0.39 is 10.0 Å². The standard InChI is InChI=1S/C23H35N3O4S/c1-4-11-24-22(27)20-6-5-12-25(16-20)23(28)19-9-13-26(14-10-19)31(29,30)21-8-7-17(2)18(3)15-21/h7-8,15,19-20H,4-6,9-14,16H2,1-3H3,(H,24,27). The van der Waals surface area contributed by atoms with Crippen molar-refractivity contribution < 1.29 is 18.0 Å². The maximum Gasteiger partial charge on any atom is 0.243 e. The first-order chi connectivity index (χ1) is 14.7. The quantitative estimate of drug-likeness (QED) is 0.723. The minimum Gasteiger partial charge on any atom is -0.356 e. The first kappa shape index (κ1) is 23.7. The summed E-state index contributed by atoms with van der Waals surface area (Å²) < 4.78 is 27.5. The number of nitrogens with zero attached hydrogens (tertiary/aromatic N) is 2. The predicted octanol–water partition coefficient (Wildman–Crippen LogP) is 2.47. The number of carbonyl (C=O) groups is 2. The molecular weight excluding hydrogens is 414 g/mol. The molecule has 0 radical (unpaired) electrons. The molecule has 8 heteroatoms. The summed E-state index contributed by atoms with van der Waals surface area (Å²) in [5.41, 5.74) is 2.01. The molecule has 1 atom stereocenters. The van der Waals surface area contributed by atoms with Crippen LogP contribution in [0.5, 0.6) is 0 Å². The van der Waals surface area contributed by atoms with Gasteiger partial charge < -0.3 is 10.2 Å². The van der Waals surface area contributed by atoms with E-state index in [0.29, 0.717) is 50.5 Å². The van der Waals surface area contributed by atoms with Gasteiger partial charge in [-0.2, -0.15) is 4.31 Å². The average Bonchev–Trinajstić information content (AvgIpc) is 2.78. The van der Waals surface area contributed by atoms with Crippen LogP contribution >= 0.6 is 0 Å². The lowest BCUT2D eigenvalue weighted by Crippen LogP contribution is -2.49. The lowest BCUT2D eigenvalue weighted by molar-refractivity contribution is -0.140. The van der Waals surface area contributed by atoms with Gasteiger partial charge in [-0.15, -0.1) is 0 Å². The molecule has 2 saturated heterocycles. The molecule has 1 unspecified atom stereocenters. The predicted molar refractivity (Wildman–Crippen MR) is 120 cm³/mol. The summed E-state index contributed by atoms with van der Waals surface area (Å²) in [6, 6.07) is 5.22. The van der Waals surface area contributed by atoms with Crippen LogP contribution < -0.4 is 5.32 Å². The fourth-order valence-corrected chi connectivity index (χ4v) is 5.96. The summed E-state index contributed by atoms with van der Waals surface area (Å²) >= 11 is 0. The Morgan fingerprint density at radius 3 is 2.39 bits per heavy atom. The molecule has 0 aromatic heterocycles. The van der Waals surface area contributed by atoms with E-state index in [4.69, 9.17) is 0 Å². The second-order valence-electron chi connectivity index (χ2n) is 8.84. The van der Waals surface area contributed by atoms with Crippen molar-refractivity contribution in [3.05, 3.63) is 29.3 Å². The lowest BCUT2D eigenvalue weighted by Gasteiger charge is -2.37. The van der Waals surface area contributed by atoms with Gasteiger partial charge in [0.2, 0.25) is 21.8 Å². The zero-order valence-electron chi connectivity index (χ0n) is 18.9. The van der Waals surface area contributed by atoms with Gasteiger partial charge in [0.15, 0.2) is 0 Å². The molecule has 2 aliphatic rings. The average molecular weight is 450 g/mol. The molecule has 0 spiro atoms. The highest BCUT2D eigenvalue weighted by Gasteiger charge is 2.36. The molecule has 0 saturated carbocycles. The molecule has 1 aromatic carbocycles. The molecule has 2 fully saturated rings. The Morgan fingerprint density at radius 2 is 1.74 bits per heavy atom. The van der Waals surface area contributed by atoms with Crippen LogP contribution in [-0.2, 0) is 19.6 Å². The van der Waals surface area contributed by atoms with Crippen molar-refractivity contribution in [1.82, 2.24) is 14.5 Å². The van der Waals surface area contributed by atoms with Crippen molar-refractivity contribution >= 4 is 21.8 Å². The lowest BCUT2D eigenvalue weighted by atomic mass is 9.92. The number of hydrogen-bond acceptors (Lipinski definition) is 4. The Balaban J connectivity index is 1.58. The number of carbonyl (C=O) groups excluding carboxylic acids is 2. The highest BCUT2D eigenvalue weighted by Crippen LogP contribution is 2.27. The normalized spacial score (nSPS) is 21.1. The van der Waals surface area contributed by atoms with Gasteiger partial charge in [-0.05, 0) is 69.2 Å². The van der Waals surface area contributed by atoms with Crippen LogP contribution in [0.1, 0.15) is 50.2 Å². The van der Waals surface area contributed by atoms with E-state index >= 15 is 0 Å². The smallest absolute Gasteiger partial charge is 0.243 e. The first-order valence-corrected chi connectivity index (χ1v) is 12.8. The van der Waals surface area contributed by atoms with Crippen LogP contribution in [0.25, 0.3) is 0 Å². The summed E-state index contributed by atoms with van der Waals surface area (Å²) in [6.45, 7) is 8.39. The van der Waals surface area contributed by atoms with Crippen molar-refractivity contribution in [1.29, 1.82) is 0 Å². The first-order valence-electron chi connectivity index (χ1n) is 11.4. The Labute approximate surface area is 186 Å². The highest BCUT2D eigenvalue weighted by atomic mass is 32.2. The summed E-state index contributed by atoms with van der Waals surface area (Å²) in [6.07, 6.45) is 3.57. The van der Waals surface area contributed by atoms with Crippen molar-refractivity contribution in [2.75, 3.05) is 32.7 Å². The van der Waals surface area contributed by atoms with Crippen LogP contribution in [0.3, 0.4) is 0 Å². The fourth-order valence-electron chi connectivity index (χ4n) is 4.41. The summed E-state index contributed by atoms with van der Waals surface area (Å²) in [7, 11) is -3.55. The minimum absolute atomic E-state index is 0.0358. The third-order valence-electron chi connectivity index (χ3n) is 6.57. The second kappa shape index (κ2) is 10.1. The van der Waals surface area contributed by atoms with Crippen molar-refractivity contribution in [3.63, 3.8) is 0 Å². The van der Waals surface area contributed by atoms with Crippen LogP contribution in [0.4, 0.5) is 0 Å². The van der Waals surface area contributed by atoms with Gasteiger partial charge in [0.25, 0.3) is 0 Å². The van der Waals surface area contributed by atoms with E-state index in [9.17, 15) is 18.0 Å². The Morgan fingerprint density at radius 1 is 1.03 bits per heavy atom. The molecule has 1 aromatic rings. The second-order valence-corrected chi connectivity index (χ2v) is 10.8. The Kier molecular flexibility index (Phi) is 7.75. The van der Waals surface area contributed by atoms with Gasteiger partial charge >= 0.3 is 0 Å². The van der Waals surface area contributed by atoms with Gasteiger partial charge in [-0.1, -0.05) is 13.0 Å². The number of piperidine rings is 2. The molecule has 2 heterocycles. The number of amides is 2. The third kappa shape index (κ3) is 5.47. The van der Waals surface area contributed by atoms with E-state index in [2.05, 4.69) is 5.32 Å². The number of aryl methyl sites for hydroxylation is 2. The van der Waals surface area contributed by atoms with E-state index in [1.807, 2.05) is 31.7 Å². The van der Waals surface area contributed by atoms with Gasteiger partial charge in [0.1, 0.15) is 0 Å². The van der Waals surface area contributed by atoms with Crippen LogP contribution in [0.15, 0.2) is 23.1 Å². The maximum atomic E-state index is 13.1. The molecule has 172 valence electrons. The summed E-state index contributed by atoms with van der Waals surface area (Å²) in [5, 5.41) is 2.94. The van der Waals surface area contributed by atoms with Gasteiger partial charge in [0, 0.05) is 38.6 Å².